The smallest absolute Gasteiger partial charge is 0.438 e. The summed E-state index contributed by atoms with van der Waals surface area (Å²) in [5.74, 6) is 3.39. The van der Waals surface area contributed by atoms with Crippen LogP contribution in [-0.4, -0.2) is 6.98 Å². The van der Waals surface area contributed by atoms with Crippen molar-refractivity contribution in [2.45, 2.75) is 20.8 Å². The first-order valence-electron chi connectivity index (χ1n) is 2.94. The SMILES string of the molecule is CC(C)(C)C#C[B-](F)(F)F.[K+]. The first-order valence-corrected chi connectivity index (χ1v) is 2.94. The topological polar surface area (TPSA) is 0 Å². The van der Waals surface area contributed by atoms with E-state index in [4.69, 9.17) is 0 Å². The molecule has 0 N–H and O–H groups in total. The molecule has 0 atom stereocenters. The van der Waals surface area contributed by atoms with Crippen molar-refractivity contribution >= 4 is 6.98 Å². The van der Waals surface area contributed by atoms with Crippen LogP contribution in [0.3, 0.4) is 0 Å². The summed E-state index contributed by atoms with van der Waals surface area (Å²) >= 11 is 0. The van der Waals surface area contributed by atoms with Gasteiger partial charge in [0.15, 0.2) is 0 Å². The van der Waals surface area contributed by atoms with E-state index in [9.17, 15) is 12.9 Å². The van der Waals surface area contributed by atoms with Crippen LogP contribution in [0, 0.1) is 17.2 Å². The summed E-state index contributed by atoms with van der Waals surface area (Å²) in [5.41, 5.74) is -0.558. The second kappa shape index (κ2) is 4.93. The van der Waals surface area contributed by atoms with Crippen molar-refractivity contribution in [2.75, 3.05) is 0 Å². The van der Waals surface area contributed by atoms with Gasteiger partial charge in [0.25, 0.3) is 0 Å². The molecule has 0 aliphatic rings. The molecule has 0 aliphatic heterocycles. The van der Waals surface area contributed by atoms with E-state index in [0.717, 1.165) is 0 Å². The molecule has 0 aromatic carbocycles. The summed E-state index contributed by atoms with van der Waals surface area (Å²) in [6, 6.07) is 0. The van der Waals surface area contributed by atoms with Crippen LogP contribution < -0.4 is 51.4 Å². The summed E-state index contributed by atoms with van der Waals surface area (Å²) < 4.78 is 34.4. The van der Waals surface area contributed by atoms with Gasteiger partial charge in [-0.1, -0.05) is 0 Å². The van der Waals surface area contributed by atoms with Crippen LogP contribution in [0.1, 0.15) is 20.8 Å². The molecule has 58 valence electrons. The minimum atomic E-state index is -4.93. The first kappa shape index (κ1) is 14.6. The Morgan fingerprint density at radius 2 is 1.45 bits per heavy atom. The van der Waals surface area contributed by atoms with Gasteiger partial charge in [-0.15, -0.1) is 5.92 Å². The van der Waals surface area contributed by atoms with Crippen molar-refractivity contribution in [2.24, 2.45) is 5.41 Å². The zero-order chi connectivity index (χ0) is 8.41. The molecule has 0 saturated heterocycles. The number of rotatable bonds is 0. The molecule has 0 aromatic rings. The van der Waals surface area contributed by atoms with Crippen LogP contribution in [0.5, 0.6) is 0 Å². The molecule has 11 heavy (non-hydrogen) atoms. The molecule has 0 aliphatic carbocycles. The number of hydrogen-bond donors (Lipinski definition) is 0. The van der Waals surface area contributed by atoms with E-state index < -0.39 is 12.4 Å². The van der Waals surface area contributed by atoms with Crippen LogP contribution >= 0.6 is 0 Å². The Hall–Kier alpha value is 1.05. The maximum atomic E-state index is 11.5. The van der Waals surface area contributed by atoms with Crippen LogP contribution in [0.15, 0.2) is 0 Å². The summed E-state index contributed by atoms with van der Waals surface area (Å²) in [5, 5.41) is 0. The Morgan fingerprint density at radius 1 is 1.09 bits per heavy atom. The van der Waals surface area contributed by atoms with E-state index in [1.807, 2.05) is 0 Å². The maximum absolute atomic E-state index is 11.5. The molecule has 0 fully saturated rings. The predicted octanol–water partition coefficient (Wildman–Crippen LogP) is -0.573. The van der Waals surface area contributed by atoms with E-state index in [-0.39, 0.29) is 51.4 Å². The zero-order valence-electron chi connectivity index (χ0n) is 7.21. The molecule has 5 heteroatoms. The maximum Gasteiger partial charge on any atom is 1.00 e. The van der Waals surface area contributed by atoms with E-state index >= 15 is 0 Å². The Morgan fingerprint density at radius 3 is 1.55 bits per heavy atom. The quantitative estimate of drug-likeness (QED) is 0.352. The summed E-state index contributed by atoms with van der Waals surface area (Å²) in [6.07, 6.45) is 0. The molecule has 0 radical (unpaired) electrons. The fraction of sp³-hybridized carbons (Fsp3) is 0.667. The Bertz CT molecular complexity index is 151. The van der Waals surface area contributed by atoms with Crippen molar-refractivity contribution in [3.63, 3.8) is 0 Å². The molecule has 0 spiro atoms. The van der Waals surface area contributed by atoms with Gasteiger partial charge >= 0.3 is 58.4 Å². The number of hydrogen-bond acceptors (Lipinski definition) is 0. The average Bonchev–Trinajstić information content (AvgIpc) is 1.57. The van der Waals surface area contributed by atoms with Gasteiger partial charge in [-0.25, -0.2) is 5.82 Å². The van der Waals surface area contributed by atoms with Gasteiger partial charge in [0.2, 0.25) is 0 Å². The largest absolute Gasteiger partial charge is 1.00 e. The van der Waals surface area contributed by atoms with Gasteiger partial charge in [0.1, 0.15) is 0 Å². The molecular weight excluding hydrogens is 179 g/mol. The standard InChI is InChI=1S/C6H9BF3.K/c1-6(2,3)4-5-7(8,9)10;/h1-3H3;/q-1;+1. The van der Waals surface area contributed by atoms with Crippen molar-refractivity contribution in [3.05, 3.63) is 0 Å². The minimum absolute atomic E-state index is 0. The molecule has 0 nitrogen and oxygen atoms in total. The molecule has 0 heterocycles. The van der Waals surface area contributed by atoms with Crippen LogP contribution in [-0.2, 0) is 0 Å². The van der Waals surface area contributed by atoms with Crippen LogP contribution in [0.2, 0.25) is 0 Å². The second-order valence-corrected chi connectivity index (χ2v) is 3.09. The van der Waals surface area contributed by atoms with E-state index in [1.54, 1.807) is 20.8 Å². The first-order chi connectivity index (χ1) is 4.21. The third-order valence-electron chi connectivity index (χ3n) is 0.611. The minimum Gasteiger partial charge on any atom is -0.438 e. The number of halogens is 3. The summed E-state index contributed by atoms with van der Waals surface area (Å²) in [7, 11) is 0. The normalized spacial score (nSPS) is 11.1. The van der Waals surface area contributed by atoms with Crippen LogP contribution in [0.4, 0.5) is 12.9 Å². The second-order valence-electron chi connectivity index (χ2n) is 3.09. The third-order valence-corrected chi connectivity index (χ3v) is 0.611. The van der Waals surface area contributed by atoms with Gasteiger partial charge in [-0.05, 0) is 20.8 Å². The van der Waals surface area contributed by atoms with E-state index in [2.05, 4.69) is 5.92 Å². The van der Waals surface area contributed by atoms with Crippen molar-refractivity contribution < 1.29 is 64.3 Å². The molecule has 0 rings (SSSR count). The van der Waals surface area contributed by atoms with E-state index in [1.165, 1.54) is 5.82 Å². The monoisotopic (exact) mass is 188 g/mol. The third kappa shape index (κ3) is 14.0. The van der Waals surface area contributed by atoms with Gasteiger partial charge in [0.05, 0.1) is 0 Å². The van der Waals surface area contributed by atoms with Crippen LogP contribution in [0.25, 0.3) is 0 Å². The van der Waals surface area contributed by atoms with Crippen molar-refractivity contribution in [1.82, 2.24) is 0 Å². The van der Waals surface area contributed by atoms with Crippen molar-refractivity contribution in [3.8, 4) is 11.7 Å². The fourth-order valence-electron chi connectivity index (χ4n) is 0.298. The predicted molar refractivity (Wildman–Crippen MR) is 36.3 cm³/mol. The Kier molecular flexibility index (Phi) is 6.53. The van der Waals surface area contributed by atoms with Gasteiger partial charge in [0, 0.05) is 5.41 Å². The molecular formula is C6H9BF3K. The summed E-state index contributed by atoms with van der Waals surface area (Å²) in [6.45, 7) is -0.00521. The average molecular weight is 188 g/mol. The molecule has 0 saturated carbocycles. The van der Waals surface area contributed by atoms with Crippen molar-refractivity contribution in [1.29, 1.82) is 0 Å². The molecule has 0 amide bonds. The molecule has 0 aromatic heterocycles. The zero-order valence-corrected chi connectivity index (χ0v) is 10.3. The summed E-state index contributed by atoms with van der Waals surface area (Å²) in [4.78, 5) is 0. The van der Waals surface area contributed by atoms with Gasteiger partial charge in [-0.2, -0.15) is 0 Å². The molecule has 0 bridgehead atoms. The van der Waals surface area contributed by atoms with Gasteiger partial charge < -0.3 is 12.9 Å². The Labute approximate surface area is 108 Å². The molecule has 0 unspecified atom stereocenters. The Balaban J connectivity index is 0. The van der Waals surface area contributed by atoms with Gasteiger partial charge in [-0.3, -0.25) is 0 Å². The van der Waals surface area contributed by atoms with E-state index in [0.29, 0.717) is 0 Å². The fourth-order valence-corrected chi connectivity index (χ4v) is 0.298.